The van der Waals surface area contributed by atoms with Crippen LogP contribution in [-0.4, -0.2) is 21.1 Å². The van der Waals surface area contributed by atoms with E-state index in [-0.39, 0.29) is 5.78 Å². The Morgan fingerprint density at radius 1 is 1.65 bits per heavy atom. The van der Waals surface area contributed by atoms with Crippen molar-refractivity contribution in [1.29, 1.82) is 0 Å². The number of rotatable bonds is 5. The van der Waals surface area contributed by atoms with E-state index in [1.165, 1.54) is 0 Å². The third-order valence-electron chi connectivity index (χ3n) is 3.65. The van der Waals surface area contributed by atoms with Crippen LogP contribution in [0, 0.1) is 12.8 Å². The van der Waals surface area contributed by atoms with Crippen LogP contribution in [0.2, 0.25) is 0 Å². The first-order chi connectivity index (χ1) is 7.95. The Hall–Kier alpha value is -1.16. The van der Waals surface area contributed by atoms with Gasteiger partial charge in [0, 0.05) is 12.2 Å². The average Bonchev–Trinajstić information content (AvgIpc) is 3.04. The number of nitrogens with two attached hydrogens (primary N) is 1. The summed E-state index contributed by atoms with van der Waals surface area (Å²) < 4.78 is 1.89. The van der Waals surface area contributed by atoms with Crippen molar-refractivity contribution in [1.82, 2.24) is 9.78 Å². The lowest BCUT2D eigenvalue weighted by molar-refractivity contribution is -0.123. The molecular weight excluding hydrogens is 214 g/mol. The van der Waals surface area contributed by atoms with Gasteiger partial charge in [0.25, 0.3) is 0 Å². The van der Waals surface area contributed by atoms with Gasteiger partial charge in [0.2, 0.25) is 0 Å². The normalized spacial score (nSPS) is 19.1. The van der Waals surface area contributed by atoms with E-state index in [1.807, 2.05) is 31.5 Å². The predicted octanol–water partition coefficient (Wildman–Crippen LogP) is 1.45. The van der Waals surface area contributed by atoms with E-state index in [9.17, 15) is 4.79 Å². The minimum Gasteiger partial charge on any atom is -0.319 e. The highest BCUT2D eigenvalue weighted by Gasteiger charge is 2.43. The molecule has 0 bridgehead atoms. The van der Waals surface area contributed by atoms with Gasteiger partial charge in [0.1, 0.15) is 0 Å². The maximum atomic E-state index is 12.2. The van der Waals surface area contributed by atoms with E-state index < -0.39 is 5.54 Å². The molecule has 1 atom stereocenters. The van der Waals surface area contributed by atoms with E-state index in [0.717, 1.165) is 30.8 Å². The zero-order valence-electron chi connectivity index (χ0n) is 10.9. The topological polar surface area (TPSA) is 60.9 Å². The SMILES string of the molecule is CCn1nc(C)cc1CC(=O)C(C)(N)C1CC1. The summed E-state index contributed by atoms with van der Waals surface area (Å²) in [5.41, 5.74) is 7.41. The van der Waals surface area contributed by atoms with Gasteiger partial charge in [-0.05, 0) is 45.6 Å². The summed E-state index contributed by atoms with van der Waals surface area (Å²) in [5, 5.41) is 4.35. The molecule has 0 aromatic carbocycles. The van der Waals surface area contributed by atoms with Crippen LogP contribution in [0.25, 0.3) is 0 Å². The molecule has 0 amide bonds. The van der Waals surface area contributed by atoms with Crippen LogP contribution in [0.1, 0.15) is 38.1 Å². The fraction of sp³-hybridized carbons (Fsp3) is 0.692. The highest BCUT2D eigenvalue weighted by Crippen LogP contribution is 2.38. The third kappa shape index (κ3) is 2.41. The Labute approximate surface area is 102 Å². The van der Waals surface area contributed by atoms with Crippen molar-refractivity contribution in [3.8, 4) is 0 Å². The van der Waals surface area contributed by atoms with Crippen molar-refractivity contribution in [2.24, 2.45) is 11.7 Å². The molecule has 4 nitrogen and oxygen atoms in total. The maximum absolute atomic E-state index is 12.2. The summed E-state index contributed by atoms with van der Waals surface area (Å²) in [6.07, 6.45) is 2.58. The van der Waals surface area contributed by atoms with Crippen LogP contribution in [0.5, 0.6) is 0 Å². The van der Waals surface area contributed by atoms with Gasteiger partial charge in [-0.2, -0.15) is 5.10 Å². The van der Waals surface area contributed by atoms with Crippen molar-refractivity contribution >= 4 is 5.78 Å². The number of aromatic nitrogens is 2. The maximum Gasteiger partial charge on any atom is 0.158 e. The lowest BCUT2D eigenvalue weighted by Gasteiger charge is -2.22. The number of carbonyl (C=O) groups excluding carboxylic acids is 1. The number of aryl methyl sites for hydroxylation is 2. The molecule has 0 saturated heterocycles. The van der Waals surface area contributed by atoms with E-state index >= 15 is 0 Å². The molecule has 1 unspecified atom stereocenters. The molecule has 1 saturated carbocycles. The monoisotopic (exact) mass is 235 g/mol. The molecule has 1 aromatic heterocycles. The molecule has 2 N–H and O–H groups in total. The number of ketones is 1. The Morgan fingerprint density at radius 3 is 2.82 bits per heavy atom. The Bertz CT molecular complexity index is 430. The molecule has 1 aliphatic carbocycles. The molecule has 0 radical (unpaired) electrons. The summed E-state index contributed by atoms with van der Waals surface area (Å²) in [6, 6.07) is 1.98. The third-order valence-corrected chi connectivity index (χ3v) is 3.65. The second-order valence-electron chi connectivity index (χ2n) is 5.25. The van der Waals surface area contributed by atoms with Crippen LogP contribution in [0.3, 0.4) is 0 Å². The van der Waals surface area contributed by atoms with Crippen LogP contribution >= 0.6 is 0 Å². The first-order valence-electron chi connectivity index (χ1n) is 6.30. The number of carbonyl (C=O) groups is 1. The number of hydrogen-bond donors (Lipinski definition) is 1. The molecule has 2 rings (SSSR count). The average molecular weight is 235 g/mol. The second kappa shape index (κ2) is 4.26. The molecule has 1 heterocycles. The van der Waals surface area contributed by atoms with Gasteiger partial charge in [-0.1, -0.05) is 0 Å². The van der Waals surface area contributed by atoms with Gasteiger partial charge in [-0.25, -0.2) is 0 Å². The van der Waals surface area contributed by atoms with E-state index in [1.54, 1.807) is 0 Å². The Balaban J connectivity index is 2.12. The van der Waals surface area contributed by atoms with E-state index in [4.69, 9.17) is 5.73 Å². The smallest absolute Gasteiger partial charge is 0.158 e. The second-order valence-corrected chi connectivity index (χ2v) is 5.25. The summed E-state index contributed by atoms with van der Waals surface area (Å²) in [5.74, 6) is 0.517. The van der Waals surface area contributed by atoms with Gasteiger partial charge in [-0.15, -0.1) is 0 Å². The molecule has 1 aromatic rings. The lowest BCUT2D eigenvalue weighted by atomic mass is 9.89. The number of Topliss-reactive ketones (excluding diaryl/α,β-unsaturated/α-hetero) is 1. The zero-order chi connectivity index (χ0) is 12.6. The highest BCUT2D eigenvalue weighted by atomic mass is 16.1. The molecule has 0 spiro atoms. The van der Waals surface area contributed by atoms with E-state index in [2.05, 4.69) is 5.10 Å². The van der Waals surface area contributed by atoms with Crippen LogP contribution in [0.15, 0.2) is 6.07 Å². The van der Waals surface area contributed by atoms with Gasteiger partial charge in [-0.3, -0.25) is 9.48 Å². The minimum atomic E-state index is -0.656. The summed E-state index contributed by atoms with van der Waals surface area (Å²) >= 11 is 0. The molecule has 1 aliphatic rings. The Kier molecular flexibility index (Phi) is 3.08. The van der Waals surface area contributed by atoms with E-state index in [0.29, 0.717) is 12.3 Å². The molecule has 0 aliphatic heterocycles. The molecule has 94 valence electrons. The lowest BCUT2D eigenvalue weighted by Crippen LogP contribution is -2.48. The molecule has 1 fully saturated rings. The largest absolute Gasteiger partial charge is 0.319 e. The first kappa shape index (κ1) is 12.3. The minimum absolute atomic E-state index is 0.134. The zero-order valence-corrected chi connectivity index (χ0v) is 10.9. The standard InChI is InChI=1S/C13H21N3O/c1-4-16-11(7-9(2)15-16)8-12(17)13(3,14)10-5-6-10/h7,10H,4-6,8,14H2,1-3H3. The fourth-order valence-electron chi connectivity index (χ4n) is 2.28. The number of hydrogen-bond acceptors (Lipinski definition) is 3. The summed E-state index contributed by atoms with van der Waals surface area (Å²) in [4.78, 5) is 12.2. The number of nitrogens with zero attached hydrogens (tertiary/aromatic N) is 2. The molecule has 17 heavy (non-hydrogen) atoms. The quantitative estimate of drug-likeness (QED) is 0.840. The van der Waals surface area contributed by atoms with Crippen molar-refractivity contribution < 1.29 is 4.79 Å². The Morgan fingerprint density at radius 2 is 2.29 bits per heavy atom. The van der Waals surface area contributed by atoms with Crippen molar-refractivity contribution in [3.63, 3.8) is 0 Å². The highest BCUT2D eigenvalue weighted by molar-refractivity contribution is 5.90. The predicted molar refractivity (Wildman–Crippen MR) is 66.7 cm³/mol. The van der Waals surface area contributed by atoms with Gasteiger partial charge < -0.3 is 5.73 Å². The molecule has 4 heteroatoms. The van der Waals surface area contributed by atoms with Crippen molar-refractivity contribution in [2.45, 2.75) is 52.1 Å². The van der Waals surface area contributed by atoms with Gasteiger partial charge in [0.05, 0.1) is 17.7 Å². The van der Waals surface area contributed by atoms with Gasteiger partial charge >= 0.3 is 0 Å². The fourth-order valence-corrected chi connectivity index (χ4v) is 2.28. The summed E-state index contributed by atoms with van der Waals surface area (Å²) in [6.45, 7) is 6.64. The van der Waals surface area contributed by atoms with Crippen LogP contribution < -0.4 is 5.73 Å². The molecular formula is C13H21N3O. The van der Waals surface area contributed by atoms with Gasteiger partial charge in [0.15, 0.2) is 5.78 Å². The van der Waals surface area contributed by atoms with Crippen LogP contribution in [0.4, 0.5) is 0 Å². The summed E-state index contributed by atoms with van der Waals surface area (Å²) in [7, 11) is 0. The first-order valence-corrected chi connectivity index (χ1v) is 6.30. The van der Waals surface area contributed by atoms with Crippen molar-refractivity contribution in [3.05, 3.63) is 17.5 Å². The van der Waals surface area contributed by atoms with Crippen molar-refractivity contribution in [2.75, 3.05) is 0 Å². The van der Waals surface area contributed by atoms with Crippen LogP contribution in [-0.2, 0) is 17.8 Å².